The Morgan fingerprint density at radius 3 is 2.21 bits per heavy atom. The number of amides is 1. The maximum Gasteiger partial charge on any atom is 0.292 e. The van der Waals surface area contributed by atoms with Crippen LogP contribution in [0.4, 0.5) is 17.1 Å². The number of carbonyl (C=O) groups excluding carboxylic acids is 1. The molecular weight excluding hydrogens is 717 g/mol. The number of hydrogen-bond donors (Lipinski definition) is 4. The highest BCUT2D eigenvalue weighted by Crippen LogP contribution is 2.32. The molecule has 57 heavy (non-hydrogen) atoms. The predicted molar refractivity (Wildman–Crippen MR) is 224 cm³/mol. The average molecular weight is 769 g/mol. The first-order valence-electron chi connectivity index (χ1n) is 19.9. The van der Waals surface area contributed by atoms with Gasteiger partial charge >= 0.3 is 0 Å². The molecule has 0 atom stereocenters. The fourth-order valence-corrected chi connectivity index (χ4v) is 7.88. The number of rotatable bonds is 11. The van der Waals surface area contributed by atoms with Crippen LogP contribution in [-0.2, 0) is 18.6 Å². The number of piperidine rings is 1. The fraction of sp³-hybridized carbons (Fsp3) is 0.386. The second-order valence-electron chi connectivity index (χ2n) is 16.3. The molecule has 2 fully saturated rings. The van der Waals surface area contributed by atoms with Crippen molar-refractivity contribution in [2.24, 2.45) is 5.92 Å². The monoisotopic (exact) mass is 768 g/mol. The highest BCUT2D eigenvalue weighted by Gasteiger charge is 2.26. The minimum atomic E-state index is -0.443. The van der Waals surface area contributed by atoms with Crippen molar-refractivity contribution >= 4 is 34.0 Å². The minimum Gasteiger partial charge on any atom is -0.392 e. The van der Waals surface area contributed by atoms with Crippen LogP contribution in [0.15, 0.2) is 83.5 Å². The summed E-state index contributed by atoms with van der Waals surface area (Å²) in [5.74, 6) is 0.686. The number of aromatic nitrogens is 5. The van der Waals surface area contributed by atoms with Crippen molar-refractivity contribution in [1.29, 1.82) is 0 Å². The van der Waals surface area contributed by atoms with Crippen molar-refractivity contribution in [1.82, 2.24) is 35.5 Å². The molecule has 0 unspecified atom stereocenters. The molecule has 2 aliphatic heterocycles. The number of anilines is 3. The van der Waals surface area contributed by atoms with E-state index in [9.17, 15) is 9.90 Å². The second-order valence-corrected chi connectivity index (χ2v) is 16.3. The number of carbonyl (C=O) groups is 1. The van der Waals surface area contributed by atoms with E-state index in [-0.39, 0.29) is 24.4 Å². The number of aliphatic hydroxyl groups is 1. The lowest BCUT2D eigenvalue weighted by Gasteiger charge is -2.40. The Balaban J connectivity index is 0.864. The van der Waals surface area contributed by atoms with Gasteiger partial charge in [0.05, 0.1) is 12.3 Å². The van der Waals surface area contributed by atoms with E-state index in [1.54, 1.807) is 0 Å². The largest absolute Gasteiger partial charge is 0.392 e. The van der Waals surface area contributed by atoms with Gasteiger partial charge in [-0.3, -0.25) is 14.8 Å². The highest BCUT2D eigenvalue weighted by molar-refractivity contribution is 5.93. The average Bonchev–Trinajstić information content (AvgIpc) is 3.92. The molecule has 3 aromatic carbocycles. The maximum atomic E-state index is 12.7. The highest BCUT2D eigenvalue weighted by atomic mass is 16.5. The standard InChI is InChI=1S/C44H52N10O3/c1-44(2,3)43-48-41(51-57-43)42(56)47-25-32-6-5-31(23-34(32)28-55)39-38-24-33(26-46-40(38)50-49-39)30-7-11-36(12-8-30)54-21-19-52(20-22-54)27-29-15-17-53(18-16-29)37-13-9-35(45-4)10-14-37/h5-14,23-24,26,29,45,55H,15-22,25,27-28H2,1-4H3,(H,47,56)(H,46,49,50). The SMILES string of the molecule is CNc1ccc(N2CCC(CN3CCN(c4ccc(-c5cnc6n[nH]c(-c7ccc(CNC(=O)c8noc(C(C)(C)C)n8)c(CO)c7)c6c5)cc4)CC3)CC2)cc1. The van der Waals surface area contributed by atoms with Crippen LogP contribution in [0.1, 0.15) is 61.2 Å². The molecule has 4 N–H and O–H groups in total. The van der Waals surface area contributed by atoms with Crippen LogP contribution in [0, 0.1) is 5.92 Å². The van der Waals surface area contributed by atoms with E-state index in [0.29, 0.717) is 17.1 Å². The Morgan fingerprint density at radius 2 is 1.54 bits per heavy atom. The normalized spacial score (nSPS) is 15.7. The van der Waals surface area contributed by atoms with Crippen molar-refractivity contribution in [2.45, 2.75) is 52.2 Å². The molecule has 2 saturated heterocycles. The lowest BCUT2D eigenvalue weighted by Crippen LogP contribution is -2.49. The van der Waals surface area contributed by atoms with Crippen molar-refractivity contribution in [3.05, 3.63) is 102 Å². The van der Waals surface area contributed by atoms with Gasteiger partial charge in [-0.15, -0.1) is 0 Å². The number of nitrogens with zero attached hydrogens (tertiary/aromatic N) is 7. The molecule has 296 valence electrons. The van der Waals surface area contributed by atoms with Gasteiger partial charge in [0.25, 0.3) is 11.7 Å². The van der Waals surface area contributed by atoms with Crippen LogP contribution in [0.5, 0.6) is 0 Å². The molecule has 8 rings (SSSR count). The van der Waals surface area contributed by atoms with Gasteiger partial charge in [0.15, 0.2) is 5.65 Å². The molecule has 2 aliphatic rings. The number of fused-ring (bicyclic) bond motifs is 1. The number of nitrogens with one attached hydrogen (secondary N) is 3. The minimum absolute atomic E-state index is 0.0206. The summed E-state index contributed by atoms with van der Waals surface area (Å²) in [5, 5.41) is 28.7. The summed E-state index contributed by atoms with van der Waals surface area (Å²) in [6.07, 6.45) is 4.36. The quantitative estimate of drug-likeness (QED) is 0.115. The number of aromatic amines is 1. The van der Waals surface area contributed by atoms with Gasteiger partial charge in [0.1, 0.15) is 0 Å². The summed E-state index contributed by atoms with van der Waals surface area (Å²) in [4.78, 5) is 29.3. The van der Waals surface area contributed by atoms with Gasteiger partial charge in [-0.1, -0.05) is 50.2 Å². The molecule has 3 aromatic heterocycles. The smallest absolute Gasteiger partial charge is 0.292 e. The van der Waals surface area contributed by atoms with E-state index >= 15 is 0 Å². The van der Waals surface area contributed by atoms with Crippen molar-refractivity contribution in [3.63, 3.8) is 0 Å². The zero-order valence-corrected chi connectivity index (χ0v) is 33.3. The summed E-state index contributed by atoms with van der Waals surface area (Å²) in [6.45, 7) is 13.5. The molecule has 0 bridgehead atoms. The number of H-pyrrole nitrogens is 1. The van der Waals surface area contributed by atoms with Crippen LogP contribution >= 0.6 is 0 Å². The van der Waals surface area contributed by atoms with Crippen LogP contribution in [-0.4, -0.2) is 94.1 Å². The summed E-state index contributed by atoms with van der Waals surface area (Å²) in [6, 6.07) is 25.5. The molecule has 13 nitrogen and oxygen atoms in total. The van der Waals surface area contributed by atoms with Crippen LogP contribution < -0.4 is 20.4 Å². The van der Waals surface area contributed by atoms with E-state index in [1.807, 2.05) is 52.2 Å². The fourth-order valence-electron chi connectivity index (χ4n) is 7.88. The number of benzene rings is 3. The Bertz CT molecular complexity index is 2300. The summed E-state index contributed by atoms with van der Waals surface area (Å²) in [5.41, 5.74) is 9.20. The van der Waals surface area contributed by atoms with Gasteiger partial charge < -0.3 is 30.1 Å². The predicted octanol–water partition coefficient (Wildman–Crippen LogP) is 6.48. The van der Waals surface area contributed by atoms with Crippen LogP contribution in [0.3, 0.4) is 0 Å². The maximum absolute atomic E-state index is 12.7. The summed E-state index contributed by atoms with van der Waals surface area (Å²) < 4.78 is 5.26. The Kier molecular flexibility index (Phi) is 10.9. The molecule has 0 spiro atoms. The lowest BCUT2D eigenvalue weighted by molar-refractivity contribution is 0.0937. The third-order valence-corrected chi connectivity index (χ3v) is 11.4. The van der Waals surface area contributed by atoms with E-state index in [4.69, 9.17) is 4.52 Å². The van der Waals surface area contributed by atoms with Crippen molar-refractivity contribution in [2.75, 3.05) is 68.0 Å². The second kappa shape index (κ2) is 16.4. The lowest BCUT2D eigenvalue weighted by atomic mass is 9.95. The molecule has 0 radical (unpaired) electrons. The van der Waals surface area contributed by atoms with Gasteiger partial charge in [-0.2, -0.15) is 10.1 Å². The van der Waals surface area contributed by atoms with E-state index < -0.39 is 5.91 Å². The Labute approximate surface area is 333 Å². The molecule has 0 saturated carbocycles. The first-order valence-corrected chi connectivity index (χ1v) is 19.9. The van der Waals surface area contributed by atoms with Gasteiger partial charge in [0, 0.05) is 105 Å². The Morgan fingerprint density at radius 1 is 0.860 bits per heavy atom. The van der Waals surface area contributed by atoms with Crippen LogP contribution in [0.25, 0.3) is 33.4 Å². The van der Waals surface area contributed by atoms with Gasteiger partial charge in [0.2, 0.25) is 5.89 Å². The number of aliphatic hydroxyl groups excluding tert-OH is 1. The number of hydrogen-bond acceptors (Lipinski definition) is 11. The van der Waals surface area contributed by atoms with E-state index in [2.05, 4.69) is 105 Å². The van der Waals surface area contributed by atoms with Crippen LogP contribution in [0.2, 0.25) is 0 Å². The van der Waals surface area contributed by atoms with Gasteiger partial charge in [-0.05, 0) is 84.0 Å². The van der Waals surface area contributed by atoms with Gasteiger partial charge in [-0.25, -0.2) is 4.98 Å². The molecule has 6 aromatic rings. The van der Waals surface area contributed by atoms with E-state index in [0.717, 1.165) is 84.2 Å². The molecule has 13 heteroatoms. The van der Waals surface area contributed by atoms with E-state index in [1.165, 1.54) is 30.8 Å². The molecule has 1 amide bonds. The first kappa shape index (κ1) is 38.1. The topological polar surface area (TPSA) is 152 Å². The third kappa shape index (κ3) is 8.49. The summed E-state index contributed by atoms with van der Waals surface area (Å²) in [7, 11) is 1.96. The molecule has 0 aliphatic carbocycles. The summed E-state index contributed by atoms with van der Waals surface area (Å²) >= 11 is 0. The zero-order chi connectivity index (χ0) is 39.5. The number of piperazine rings is 1. The molecular formula is C44H52N10O3. The Hall–Kier alpha value is -5.79. The molecule has 5 heterocycles. The van der Waals surface area contributed by atoms with Crippen molar-refractivity contribution < 1.29 is 14.4 Å². The number of pyridine rings is 1. The van der Waals surface area contributed by atoms with Crippen molar-refractivity contribution in [3.8, 4) is 22.4 Å². The first-order chi connectivity index (χ1) is 27.6. The zero-order valence-electron chi connectivity index (χ0n) is 33.3. The third-order valence-electron chi connectivity index (χ3n) is 11.4.